The number of nitrogens with one attached hydrogen (secondary N) is 1. The first-order chi connectivity index (χ1) is 19.4. The number of aliphatic hydroxyl groups is 1. The van der Waals surface area contributed by atoms with Gasteiger partial charge in [0, 0.05) is 45.5 Å². The summed E-state index contributed by atoms with van der Waals surface area (Å²) in [5.41, 5.74) is -2.03. The SMILES string of the molecule is CN(C)c1nc(NC2CN(C(=O)C3(O)CC3)C2)nc2c1C(=O)N(c1ncccc1F)CC2(C)c1cccc(Cl)c1F. The van der Waals surface area contributed by atoms with Gasteiger partial charge in [-0.05, 0) is 38.0 Å². The molecule has 10 nitrogen and oxygen atoms in total. The Morgan fingerprint density at radius 2 is 1.90 bits per heavy atom. The second-order valence-electron chi connectivity index (χ2n) is 11.2. The fraction of sp³-hybridized carbons (Fsp3) is 0.393. The van der Waals surface area contributed by atoms with E-state index >= 15 is 4.39 Å². The maximum Gasteiger partial charge on any atom is 0.265 e. The first kappa shape index (κ1) is 27.3. The highest BCUT2D eigenvalue weighted by Gasteiger charge is 2.52. The molecule has 1 unspecified atom stereocenters. The highest BCUT2D eigenvalue weighted by Crippen LogP contribution is 2.44. The Labute approximate surface area is 240 Å². The lowest BCUT2D eigenvalue weighted by Crippen LogP contribution is -2.60. The minimum Gasteiger partial charge on any atom is -0.380 e. The van der Waals surface area contributed by atoms with Crippen LogP contribution in [0.25, 0.3) is 0 Å². The van der Waals surface area contributed by atoms with Crippen molar-refractivity contribution in [3.8, 4) is 0 Å². The zero-order valence-corrected chi connectivity index (χ0v) is 23.4. The summed E-state index contributed by atoms with van der Waals surface area (Å²) in [5, 5.41) is 13.3. The quantitative estimate of drug-likeness (QED) is 0.455. The Balaban J connectivity index is 1.45. The molecule has 1 saturated heterocycles. The fourth-order valence-corrected chi connectivity index (χ4v) is 5.64. The van der Waals surface area contributed by atoms with E-state index in [9.17, 15) is 19.1 Å². The summed E-state index contributed by atoms with van der Waals surface area (Å²) in [5.74, 6) is -2.00. The van der Waals surface area contributed by atoms with Gasteiger partial charge >= 0.3 is 0 Å². The average molecular weight is 584 g/mol. The maximum absolute atomic E-state index is 15.6. The number of amides is 2. The molecule has 0 bridgehead atoms. The summed E-state index contributed by atoms with van der Waals surface area (Å²) in [7, 11) is 3.41. The van der Waals surface area contributed by atoms with Gasteiger partial charge in [0.15, 0.2) is 11.6 Å². The third-order valence-electron chi connectivity index (χ3n) is 7.93. The van der Waals surface area contributed by atoms with Crippen LogP contribution in [-0.2, 0) is 10.2 Å². The van der Waals surface area contributed by atoms with E-state index in [2.05, 4.69) is 15.3 Å². The third kappa shape index (κ3) is 4.45. The van der Waals surface area contributed by atoms with Crippen molar-refractivity contribution in [1.82, 2.24) is 19.9 Å². The first-order valence-corrected chi connectivity index (χ1v) is 13.6. The molecule has 2 aliphatic heterocycles. The van der Waals surface area contributed by atoms with Crippen LogP contribution in [0.4, 0.5) is 26.4 Å². The van der Waals surface area contributed by atoms with Crippen molar-refractivity contribution in [2.45, 2.75) is 36.8 Å². The standard InChI is InChI=1S/C28H28ClF2N7O3/c1-27(16-6-4-7-17(29)20(16)31)14-38(22-18(30)8-5-11-32-22)24(39)19-21(27)34-26(35-23(19)36(2)3)33-15-12-37(13-15)25(40)28(41)9-10-28/h4-8,11,15,41H,9-10,12-14H2,1-3H3,(H,33,34,35). The van der Waals surface area contributed by atoms with Crippen LogP contribution >= 0.6 is 11.6 Å². The number of aromatic nitrogens is 3. The van der Waals surface area contributed by atoms with E-state index in [1.807, 2.05) is 0 Å². The van der Waals surface area contributed by atoms with Crippen molar-refractivity contribution in [3.63, 3.8) is 0 Å². The zero-order chi connectivity index (χ0) is 29.3. The number of rotatable bonds is 6. The number of anilines is 3. The molecule has 1 aromatic carbocycles. The number of halogens is 3. The number of hydrogen-bond acceptors (Lipinski definition) is 8. The molecule has 13 heteroatoms. The molecule has 41 heavy (non-hydrogen) atoms. The Bertz CT molecular complexity index is 1580. The van der Waals surface area contributed by atoms with E-state index in [1.165, 1.54) is 29.3 Å². The molecule has 3 aliphatic rings. The summed E-state index contributed by atoms with van der Waals surface area (Å²) < 4.78 is 30.6. The second-order valence-corrected chi connectivity index (χ2v) is 11.6. The van der Waals surface area contributed by atoms with Crippen LogP contribution in [0.3, 0.4) is 0 Å². The van der Waals surface area contributed by atoms with Crippen molar-refractivity contribution < 1.29 is 23.5 Å². The number of benzene rings is 1. The topological polar surface area (TPSA) is 115 Å². The van der Waals surface area contributed by atoms with Crippen LogP contribution in [-0.4, -0.2) is 82.1 Å². The van der Waals surface area contributed by atoms with Gasteiger partial charge in [0.05, 0.1) is 22.2 Å². The summed E-state index contributed by atoms with van der Waals surface area (Å²) in [4.78, 5) is 44.3. The molecule has 0 radical (unpaired) electrons. The molecule has 1 aliphatic carbocycles. The number of carbonyl (C=O) groups excluding carboxylic acids is 2. The molecule has 4 heterocycles. The number of carbonyl (C=O) groups is 2. The number of pyridine rings is 1. The van der Waals surface area contributed by atoms with Crippen molar-refractivity contribution >= 4 is 41.0 Å². The first-order valence-electron chi connectivity index (χ1n) is 13.2. The van der Waals surface area contributed by atoms with E-state index in [4.69, 9.17) is 16.6 Å². The smallest absolute Gasteiger partial charge is 0.265 e. The number of nitrogens with zero attached hydrogens (tertiary/aromatic N) is 6. The molecule has 2 aromatic heterocycles. The summed E-state index contributed by atoms with van der Waals surface area (Å²) in [6, 6.07) is 7.03. The van der Waals surface area contributed by atoms with Gasteiger partial charge in [-0.25, -0.2) is 18.7 Å². The lowest BCUT2D eigenvalue weighted by Gasteiger charge is -2.43. The molecule has 2 amide bonds. The monoisotopic (exact) mass is 583 g/mol. The van der Waals surface area contributed by atoms with E-state index < -0.39 is 28.6 Å². The molecule has 2 fully saturated rings. The number of fused-ring (bicyclic) bond motifs is 1. The molecule has 214 valence electrons. The molecular formula is C28H28ClF2N7O3. The van der Waals surface area contributed by atoms with Crippen molar-refractivity contribution in [2.24, 2.45) is 0 Å². The van der Waals surface area contributed by atoms with Gasteiger partial charge in [-0.1, -0.05) is 23.7 Å². The molecule has 1 atom stereocenters. The molecule has 6 rings (SSSR count). The summed E-state index contributed by atoms with van der Waals surface area (Å²) >= 11 is 6.18. The Morgan fingerprint density at radius 1 is 1.17 bits per heavy atom. The normalized spacial score (nSPS) is 21.3. The summed E-state index contributed by atoms with van der Waals surface area (Å²) in [6.07, 6.45) is 2.31. The predicted octanol–water partition coefficient (Wildman–Crippen LogP) is 2.98. The predicted molar refractivity (Wildman–Crippen MR) is 148 cm³/mol. The Morgan fingerprint density at radius 3 is 2.56 bits per heavy atom. The maximum atomic E-state index is 15.6. The highest BCUT2D eigenvalue weighted by atomic mass is 35.5. The minimum absolute atomic E-state index is 0.0834. The van der Waals surface area contributed by atoms with E-state index in [-0.39, 0.29) is 57.9 Å². The van der Waals surface area contributed by atoms with Gasteiger partial charge < -0.3 is 20.2 Å². The average Bonchev–Trinajstić information content (AvgIpc) is 3.67. The lowest BCUT2D eigenvalue weighted by molar-refractivity contribution is -0.146. The van der Waals surface area contributed by atoms with Gasteiger partial charge in [-0.3, -0.25) is 14.5 Å². The van der Waals surface area contributed by atoms with Crippen LogP contribution in [0, 0.1) is 11.6 Å². The van der Waals surface area contributed by atoms with Crippen molar-refractivity contribution in [2.75, 3.05) is 48.8 Å². The lowest BCUT2D eigenvalue weighted by atomic mass is 9.74. The molecule has 3 aromatic rings. The third-order valence-corrected chi connectivity index (χ3v) is 8.23. The van der Waals surface area contributed by atoms with Gasteiger partial charge in [0.2, 0.25) is 5.95 Å². The van der Waals surface area contributed by atoms with E-state index in [0.29, 0.717) is 25.9 Å². The molecule has 1 saturated carbocycles. The van der Waals surface area contributed by atoms with Crippen LogP contribution in [0.2, 0.25) is 5.02 Å². The van der Waals surface area contributed by atoms with Crippen molar-refractivity contribution in [3.05, 3.63) is 70.0 Å². The zero-order valence-electron chi connectivity index (χ0n) is 22.7. The van der Waals surface area contributed by atoms with Crippen LogP contribution in [0.15, 0.2) is 36.5 Å². The highest BCUT2D eigenvalue weighted by molar-refractivity contribution is 6.30. The van der Waals surface area contributed by atoms with Crippen LogP contribution < -0.4 is 15.1 Å². The molecular weight excluding hydrogens is 556 g/mol. The van der Waals surface area contributed by atoms with Gasteiger partial charge in [0.1, 0.15) is 22.8 Å². The number of likely N-dealkylation sites (tertiary alicyclic amines) is 1. The molecule has 0 spiro atoms. The minimum atomic E-state index is -1.29. The largest absolute Gasteiger partial charge is 0.380 e. The fourth-order valence-electron chi connectivity index (χ4n) is 5.47. The van der Waals surface area contributed by atoms with Crippen molar-refractivity contribution in [1.29, 1.82) is 0 Å². The number of hydrogen-bond donors (Lipinski definition) is 2. The van der Waals surface area contributed by atoms with E-state index in [0.717, 1.165) is 0 Å². The van der Waals surface area contributed by atoms with Gasteiger partial charge in [-0.2, -0.15) is 4.98 Å². The summed E-state index contributed by atoms with van der Waals surface area (Å²) in [6.45, 7) is 2.25. The van der Waals surface area contributed by atoms with E-state index in [1.54, 1.807) is 43.0 Å². The Hall–Kier alpha value is -3.90. The Kier molecular flexibility index (Phi) is 6.38. The van der Waals surface area contributed by atoms with Crippen LogP contribution in [0.5, 0.6) is 0 Å². The second kappa shape index (κ2) is 9.59. The molecule has 2 N–H and O–H groups in total. The van der Waals surface area contributed by atoms with Crippen LogP contribution in [0.1, 0.15) is 41.4 Å². The van der Waals surface area contributed by atoms with Gasteiger partial charge in [0.25, 0.3) is 11.8 Å². The van der Waals surface area contributed by atoms with Gasteiger partial charge in [-0.15, -0.1) is 0 Å².